The summed E-state index contributed by atoms with van der Waals surface area (Å²) >= 11 is 0. The van der Waals surface area contributed by atoms with Crippen molar-refractivity contribution in [3.63, 3.8) is 0 Å². The van der Waals surface area contributed by atoms with Gasteiger partial charge in [0, 0.05) is 19.4 Å². The second-order valence-electron chi connectivity index (χ2n) is 3.14. The van der Waals surface area contributed by atoms with E-state index in [9.17, 15) is 4.79 Å². The van der Waals surface area contributed by atoms with Crippen molar-refractivity contribution >= 4 is 5.97 Å². The maximum atomic E-state index is 10.6. The topological polar surface area (TPSA) is 77.9 Å². The Morgan fingerprint density at radius 1 is 1.29 bits per heavy atom. The van der Waals surface area contributed by atoms with Crippen LogP contribution in [0, 0.1) is 0 Å². The lowest BCUT2D eigenvalue weighted by Gasteiger charge is -2.06. The van der Waals surface area contributed by atoms with E-state index in [1.807, 2.05) is 0 Å². The highest BCUT2D eigenvalue weighted by atomic mass is 16.5. The Hall–Kier alpha value is -1.66. The summed E-state index contributed by atoms with van der Waals surface area (Å²) in [7, 11) is 1.60. The van der Waals surface area contributed by atoms with Gasteiger partial charge >= 0.3 is 5.97 Å². The number of hydrogen-bond acceptors (Lipinski definition) is 5. The Morgan fingerprint density at radius 2 is 2.06 bits per heavy atom. The molecule has 94 valence electrons. The fourth-order valence-electron chi connectivity index (χ4n) is 1.04. The van der Waals surface area contributed by atoms with Crippen LogP contribution < -0.4 is 4.74 Å². The number of carbonyl (C=O) groups is 1. The molecule has 0 spiro atoms. The summed E-state index contributed by atoms with van der Waals surface area (Å²) in [4.78, 5) is 14.4. The van der Waals surface area contributed by atoms with Crippen molar-refractivity contribution in [2.24, 2.45) is 0 Å². The third-order valence-electron chi connectivity index (χ3n) is 1.89. The lowest BCUT2D eigenvalue weighted by molar-refractivity contribution is 0.0536. The lowest BCUT2D eigenvalue weighted by Crippen LogP contribution is -2.10. The van der Waals surface area contributed by atoms with E-state index in [0.29, 0.717) is 32.3 Å². The minimum atomic E-state index is -1.01. The molecule has 0 aromatic carbocycles. The highest BCUT2D eigenvalue weighted by molar-refractivity contribution is 5.87. The molecule has 0 fully saturated rings. The average molecular weight is 241 g/mol. The van der Waals surface area contributed by atoms with Crippen LogP contribution in [-0.2, 0) is 9.47 Å². The number of methoxy groups -OCH3 is 1. The molecule has 17 heavy (non-hydrogen) atoms. The Morgan fingerprint density at radius 3 is 2.65 bits per heavy atom. The Balaban J connectivity index is 2.21. The minimum absolute atomic E-state index is 0.133. The summed E-state index contributed by atoms with van der Waals surface area (Å²) in [6.07, 6.45) is 1.25. The molecule has 1 aromatic rings. The number of hydrogen-bond donors (Lipinski definition) is 1. The van der Waals surface area contributed by atoms with E-state index in [1.165, 1.54) is 18.3 Å². The summed E-state index contributed by atoms with van der Waals surface area (Å²) in [6, 6.07) is 2.95. The predicted octanol–water partition coefficient (Wildman–Crippen LogP) is 0.822. The van der Waals surface area contributed by atoms with Crippen LogP contribution in [0.3, 0.4) is 0 Å². The molecule has 0 atom stereocenters. The molecule has 0 aliphatic heterocycles. The molecule has 1 heterocycles. The maximum absolute atomic E-state index is 10.6. The highest BCUT2D eigenvalue weighted by Gasteiger charge is 2.03. The molecule has 0 unspecified atom stereocenters. The van der Waals surface area contributed by atoms with Gasteiger partial charge in [-0.2, -0.15) is 0 Å². The van der Waals surface area contributed by atoms with E-state index < -0.39 is 5.97 Å². The molecular weight excluding hydrogens is 226 g/mol. The minimum Gasteiger partial charge on any atom is -0.478 e. The van der Waals surface area contributed by atoms with Gasteiger partial charge in [0.1, 0.15) is 6.61 Å². The Kier molecular flexibility index (Phi) is 5.98. The molecule has 6 heteroatoms. The molecule has 1 N–H and O–H groups in total. The maximum Gasteiger partial charge on any atom is 0.337 e. The largest absolute Gasteiger partial charge is 0.478 e. The summed E-state index contributed by atoms with van der Waals surface area (Å²) in [6.45, 7) is 1.87. The van der Waals surface area contributed by atoms with Crippen LogP contribution in [0.15, 0.2) is 18.3 Å². The molecule has 0 radical (unpaired) electrons. The summed E-state index contributed by atoms with van der Waals surface area (Å²) < 4.78 is 15.2. The van der Waals surface area contributed by atoms with Gasteiger partial charge < -0.3 is 19.3 Å². The standard InChI is InChI=1S/C11H15NO5/c1-15-4-5-16-6-7-17-10-3-2-9(8-12-10)11(13)14/h2-3,8H,4-7H2,1H3,(H,13,14). The van der Waals surface area contributed by atoms with E-state index in [0.717, 1.165) is 0 Å². The van der Waals surface area contributed by atoms with Gasteiger partial charge in [-0.05, 0) is 6.07 Å². The molecule has 0 saturated heterocycles. The van der Waals surface area contributed by atoms with Crippen molar-refractivity contribution in [3.05, 3.63) is 23.9 Å². The Labute approximate surface area is 99.1 Å². The number of carboxylic acid groups (broad SMARTS) is 1. The first-order valence-electron chi connectivity index (χ1n) is 5.13. The lowest BCUT2D eigenvalue weighted by atomic mass is 10.3. The number of carboxylic acids is 1. The predicted molar refractivity (Wildman–Crippen MR) is 59.4 cm³/mol. The van der Waals surface area contributed by atoms with Gasteiger partial charge in [-0.25, -0.2) is 9.78 Å². The molecule has 1 rings (SSSR count). The molecule has 1 aromatic heterocycles. The van der Waals surface area contributed by atoms with Crippen molar-refractivity contribution in [2.45, 2.75) is 0 Å². The van der Waals surface area contributed by atoms with Crippen LogP contribution in [0.2, 0.25) is 0 Å². The van der Waals surface area contributed by atoms with Crippen LogP contribution in [0.1, 0.15) is 10.4 Å². The second kappa shape index (κ2) is 7.59. The van der Waals surface area contributed by atoms with E-state index in [1.54, 1.807) is 7.11 Å². The first-order chi connectivity index (χ1) is 8.24. The normalized spacial score (nSPS) is 10.2. The number of pyridine rings is 1. The molecule has 0 saturated carbocycles. The van der Waals surface area contributed by atoms with Crippen LogP contribution in [-0.4, -0.2) is 49.6 Å². The van der Waals surface area contributed by atoms with Gasteiger partial charge in [0.2, 0.25) is 5.88 Å². The Bertz CT molecular complexity index is 338. The molecular formula is C11H15NO5. The van der Waals surface area contributed by atoms with Crippen molar-refractivity contribution in [2.75, 3.05) is 33.5 Å². The van der Waals surface area contributed by atoms with Crippen LogP contribution in [0.4, 0.5) is 0 Å². The zero-order valence-electron chi connectivity index (χ0n) is 9.59. The smallest absolute Gasteiger partial charge is 0.337 e. The van der Waals surface area contributed by atoms with E-state index in [-0.39, 0.29) is 5.56 Å². The third kappa shape index (κ3) is 5.28. The zero-order valence-corrected chi connectivity index (χ0v) is 9.59. The molecule has 0 bridgehead atoms. The number of aromatic nitrogens is 1. The number of aromatic carboxylic acids is 1. The summed E-state index contributed by atoms with van der Waals surface area (Å²) in [5.74, 6) is -0.628. The fraction of sp³-hybridized carbons (Fsp3) is 0.455. The van der Waals surface area contributed by atoms with Gasteiger partial charge in [-0.3, -0.25) is 0 Å². The van der Waals surface area contributed by atoms with Crippen LogP contribution in [0.25, 0.3) is 0 Å². The summed E-state index contributed by atoms with van der Waals surface area (Å²) in [5.41, 5.74) is 0.133. The van der Waals surface area contributed by atoms with Crippen molar-refractivity contribution < 1.29 is 24.1 Å². The monoisotopic (exact) mass is 241 g/mol. The van der Waals surface area contributed by atoms with Crippen molar-refractivity contribution in [3.8, 4) is 5.88 Å². The summed E-state index contributed by atoms with van der Waals surface area (Å²) in [5, 5.41) is 8.66. The van der Waals surface area contributed by atoms with Gasteiger partial charge in [0.05, 0.1) is 25.4 Å². The fourth-order valence-corrected chi connectivity index (χ4v) is 1.04. The van der Waals surface area contributed by atoms with Gasteiger partial charge in [-0.15, -0.1) is 0 Å². The molecule has 0 aliphatic carbocycles. The average Bonchev–Trinajstić information content (AvgIpc) is 2.34. The van der Waals surface area contributed by atoms with E-state index in [2.05, 4.69) is 4.98 Å². The second-order valence-corrected chi connectivity index (χ2v) is 3.14. The van der Waals surface area contributed by atoms with Crippen LogP contribution in [0.5, 0.6) is 5.88 Å². The number of rotatable bonds is 8. The molecule has 0 amide bonds. The van der Waals surface area contributed by atoms with Crippen molar-refractivity contribution in [1.29, 1.82) is 0 Å². The van der Waals surface area contributed by atoms with Crippen molar-refractivity contribution in [1.82, 2.24) is 4.98 Å². The van der Waals surface area contributed by atoms with Crippen LogP contribution >= 0.6 is 0 Å². The first-order valence-corrected chi connectivity index (χ1v) is 5.13. The number of ether oxygens (including phenoxy) is 3. The molecule has 6 nitrogen and oxygen atoms in total. The quantitative estimate of drug-likeness (QED) is 0.679. The third-order valence-corrected chi connectivity index (χ3v) is 1.89. The van der Waals surface area contributed by atoms with Gasteiger partial charge in [-0.1, -0.05) is 0 Å². The highest BCUT2D eigenvalue weighted by Crippen LogP contribution is 2.07. The van der Waals surface area contributed by atoms with E-state index in [4.69, 9.17) is 19.3 Å². The van der Waals surface area contributed by atoms with Gasteiger partial charge in [0.15, 0.2) is 0 Å². The number of nitrogens with zero attached hydrogens (tertiary/aromatic N) is 1. The van der Waals surface area contributed by atoms with E-state index >= 15 is 0 Å². The zero-order chi connectivity index (χ0) is 12.5. The SMILES string of the molecule is COCCOCCOc1ccc(C(=O)O)cn1. The first kappa shape index (κ1) is 13.4. The molecule has 0 aliphatic rings. The van der Waals surface area contributed by atoms with Gasteiger partial charge in [0.25, 0.3) is 0 Å².